The second-order valence-corrected chi connectivity index (χ2v) is 6.57. The molecule has 1 saturated heterocycles. The van der Waals surface area contributed by atoms with Crippen LogP contribution in [0, 0.1) is 0 Å². The Morgan fingerprint density at radius 2 is 2.00 bits per heavy atom. The molecular formula is C15H15NO3S2. The van der Waals surface area contributed by atoms with Crippen LogP contribution < -0.4 is 9.47 Å². The van der Waals surface area contributed by atoms with Gasteiger partial charge in [0, 0.05) is 6.04 Å². The number of thioether (sulfide) groups is 1. The summed E-state index contributed by atoms with van der Waals surface area (Å²) >= 11 is 6.66. The van der Waals surface area contributed by atoms with Crippen LogP contribution in [0.3, 0.4) is 0 Å². The van der Waals surface area contributed by atoms with Crippen LogP contribution in [-0.2, 0) is 4.79 Å². The summed E-state index contributed by atoms with van der Waals surface area (Å²) in [4.78, 5) is 14.8. The SMILES string of the molecule is COc1ccc(/C=C2\SC(=S)N(C3CC3)C2=O)cc1OC. The lowest BCUT2D eigenvalue weighted by molar-refractivity contribution is -0.122. The summed E-state index contributed by atoms with van der Waals surface area (Å²) in [6.07, 6.45) is 3.95. The van der Waals surface area contributed by atoms with Gasteiger partial charge in [-0.15, -0.1) is 0 Å². The Morgan fingerprint density at radius 3 is 2.62 bits per heavy atom. The second-order valence-electron chi connectivity index (χ2n) is 4.90. The number of carbonyl (C=O) groups excluding carboxylic acids is 1. The van der Waals surface area contributed by atoms with E-state index in [0.29, 0.717) is 26.8 Å². The quantitative estimate of drug-likeness (QED) is 0.629. The maximum absolute atomic E-state index is 12.4. The van der Waals surface area contributed by atoms with Gasteiger partial charge in [0.1, 0.15) is 4.32 Å². The number of hydrogen-bond donors (Lipinski definition) is 0. The van der Waals surface area contributed by atoms with Crippen molar-refractivity contribution in [3.8, 4) is 11.5 Å². The molecule has 1 heterocycles. The molecule has 0 atom stereocenters. The molecular weight excluding hydrogens is 306 g/mol. The Kier molecular flexibility index (Phi) is 3.91. The molecule has 21 heavy (non-hydrogen) atoms. The van der Waals surface area contributed by atoms with Crippen LogP contribution in [-0.4, -0.2) is 35.4 Å². The van der Waals surface area contributed by atoms with Gasteiger partial charge in [-0.05, 0) is 36.6 Å². The van der Waals surface area contributed by atoms with E-state index in [4.69, 9.17) is 21.7 Å². The molecule has 0 N–H and O–H groups in total. The fraction of sp³-hybridized carbons (Fsp3) is 0.333. The van der Waals surface area contributed by atoms with Crippen molar-refractivity contribution < 1.29 is 14.3 Å². The van der Waals surface area contributed by atoms with Crippen LogP contribution in [0.15, 0.2) is 23.1 Å². The van der Waals surface area contributed by atoms with E-state index in [0.717, 1.165) is 18.4 Å². The Morgan fingerprint density at radius 1 is 1.29 bits per heavy atom. The molecule has 1 aromatic carbocycles. The number of hydrogen-bond acceptors (Lipinski definition) is 5. The molecule has 6 heteroatoms. The molecule has 3 rings (SSSR count). The van der Waals surface area contributed by atoms with Crippen LogP contribution in [0.2, 0.25) is 0 Å². The Hall–Kier alpha value is -1.53. The number of nitrogens with zero attached hydrogens (tertiary/aromatic N) is 1. The molecule has 2 fully saturated rings. The van der Waals surface area contributed by atoms with E-state index in [1.54, 1.807) is 19.1 Å². The summed E-state index contributed by atoms with van der Waals surface area (Å²) in [6.45, 7) is 0. The van der Waals surface area contributed by atoms with Crippen LogP contribution in [0.5, 0.6) is 11.5 Å². The zero-order valence-electron chi connectivity index (χ0n) is 11.8. The highest BCUT2D eigenvalue weighted by atomic mass is 32.2. The lowest BCUT2D eigenvalue weighted by atomic mass is 10.2. The molecule has 1 aromatic rings. The maximum atomic E-state index is 12.4. The van der Waals surface area contributed by atoms with Gasteiger partial charge in [-0.3, -0.25) is 9.69 Å². The number of benzene rings is 1. The summed E-state index contributed by atoms with van der Waals surface area (Å²) in [5, 5.41) is 0. The van der Waals surface area contributed by atoms with Gasteiger partial charge in [0.25, 0.3) is 5.91 Å². The highest BCUT2D eigenvalue weighted by Gasteiger charge is 2.41. The zero-order chi connectivity index (χ0) is 15.0. The smallest absolute Gasteiger partial charge is 0.266 e. The summed E-state index contributed by atoms with van der Waals surface area (Å²) in [7, 11) is 3.19. The Bertz CT molecular complexity index is 638. The lowest BCUT2D eigenvalue weighted by Gasteiger charge is -2.12. The summed E-state index contributed by atoms with van der Waals surface area (Å²) in [5.74, 6) is 1.33. The fourth-order valence-corrected chi connectivity index (χ4v) is 3.62. The molecule has 0 unspecified atom stereocenters. The van der Waals surface area contributed by atoms with Gasteiger partial charge in [-0.1, -0.05) is 30.0 Å². The van der Waals surface area contributed by atoms with Crippen molar-refractivity contribution in [2.75, 3.05) is 14.2 Å². The molecule has 1 saturated carbocycles. The molecule has 2 aliphatic rings. The molecule has 110 valence electrons. The van der Waals surface area contributed by atoms with Gasteiger partial charge < -0.3 is 9.47 Å². The third-order valence-electron chi connectivity index (χ3n) is 3.44. The number of methoxy groups -OCH3 is 2. The molecule has 0 radical (unpaired) electrons. The predicted octanol–water partition coefficient (Wildman–Crippen LogP) is 3.07. The highest BCUT2D eigenvalue weighted by Crippen LogP contribution is 2.40. The fourth-order valence-electron chi connectivity index (χ4n) is 2.22. The van der Waals surface area contributed by atoms with E-state index in [1.165, 1.54) is 11.8 Å². The molecule has 1 aliphatic carbocycles. The first-order valence-electron chi connectivity index (χ1n) is 6.63. The molecule has 1 amide bonds. The Labute approximate surface area is 133 Å². The highest BCUT2D eigenvalue weighted by molar-refractivity contribution is 8.26. The van der Waals surface area contributed by atoms with E-state index in [9.17, 15) is 4.79 Å². The van der Waals surface area contributed by atoms with E-state index in [-0.39, 0.29) is 5.91 Å². The summed E-state index contributed by atoms with van der Waals surface area (Å²) < 4.78 is 11.1. The van der Waals surface area contributed by atoms with Gasteiger partial charge in [0.2, 0.25) is 0 Å². The molecule has 0 bridgehead atoms. The number of amides is 1. The van der Waals surface area contributed by atoms with E-state index in [1.807, 2.05) is 24.3 Å². The molecule has 0 aromatic heterocycles. The van der Waals surface area contributed by atoms with Crippen molar-refractivity contribution in [3.63, 3.8) is 0 Å². The largest absolute Gasteiger partial charge is 0.493 e. The summed E-state index contributed by atoms with van der Waals surface area (Å²) in [5.41, 5.74) is 0.893. The van der Waals surface area contributed by atoms with Gasteiger partial charge in [-0.2, -0.15) is 0 Å². The molecule has 1 aliphatic heterocycles. The van der Waals surface area contributed by atoms with Gasteiger partial charge in [0.05, 0.1) is 19.1 Å². The average molecular weight is 321 g/mol. The third-order valence-corrected chi connectivity index (χ3v) is 4.77. The van der Waals surface area contributed by atoms with Crippen LogP contribution >= 0.6 is 24.0 Å². The molecule has 4 nitrogen and oxygen atoms in total. The average Bonchev–Trinajstić information content (AvgIpc) is 3.27. The number of rotatable bonds is 4. The van der Waals surface area contributed by atoms with E-state index in [2.05, 4.69) is 0 Å². The topological polar surface area (TPSA) is 38.8 Å². The first-order chi connectivity index (χ1) is 10.1. The number of ether oxygens (including phenoxy) is 2. The monoisotopic (exact) mass is 321 g/mol. The van der Waals surface area contributed by atoms with Gasteiger partial charge in [-0.25, -0.2) is 0 Å². The first-order valence-corrected chi connectivity index (χ1v) is 7.85. The summed E-state index contributed by atoms with van der Waals surface area (Å²) in [6, 6.07) is 5.88. The lowest BCUT2D eigenvalue weighted by Crippen LogP contribution is -2.30. The van der Waals surface area contributed by atoms with Gasteiger partial charge >= 0.3 is 0 Å². The second kappa shape index (κ2) is 5.69. The van der Waals surface area contributed by atoms with Crippen molar-refractivity contribution in [1.29, 1.82) is 0 Å². The predicted molar refractivity (Wildman–Crippen MR) is 87.6 cm³/mol. The van der Waals surface area contributed by atoms with Crippen molar-refractivity contribution in [2.24, 2.45) is 0 Å². The van der Waals surface area contributed by atoms with Crippen molar-refractivity contribution >= 4 is 40.3 Å². The normalized spacial score (nSPS) is 20.3. The molecule has 0 spiro atoms. The number of thiocarbonyl (C=S) groups is 1. The maximum Gasteiger partial charge on any atom is 0.266 e. The zero-order valence-corrected chi connectivity index (χ0v) is 13.4. The van der Waals surface area contributed by atoms with E-state index >= 15 is 0 Å². The Balaban J connectivity index is 1.88. The number of carbonyl (C=O) groups is 1. The van der Waals surface area contributed by atoms with Crippen LogP contribution in [0.1, 0.15) is 18.4 Å². The van der Waals surface area contributed by atoms with Gasteiger partial charge in [0.15, 0.2) is 11.5 Å². The van der Waals surface area contributed by atoms with Crippen molar-refractivity contribution in [2.45, 2.75) is 18.9 Å². The third kappa shape index (κ3) is 2.78. The van der Waals surface area contributed by atoms with Crippen molar-refractivity contribution in [1.82, 2.24) is 4.90 Å². The van der Waals surface area contributed by atoms with Crippen LogP contribution in [0.4, 0.5) is 0 Å². The first kappa shape index (κ1) is 14.4. The minimum absolute atomic E-state index is 0.0160. The van der Waals surface area contributed by atoms with Crippen molar-refractivity contribution in [3.05, 3.63) is 28.7 Å². The van der Waals surface area contributed by atoms with Crippen LogP contribution in [0.25, 0.3) is 6.08 Å². The van der Waals surface area contributed by atoms with E-state index < -0.39 is 0 Å². The standard InChI is InChI=1S/C15H15NO3S2/c1-18-11-6-3-9(7-12(11)19-2)8-13-14(17)16(10-4-5-10)15(20)21-13/h3,6-8,10H,4-5H2,1-2H3/b13-8-. The minimum Gasteiger partial charge on any atom is -0.493 e. The minimum atomic E-state index is 0.0160.